The highest BCUT2D eigenvalue weighted by atomic mass is 16.4. The number of rotatable bonds is 7. The molecule has 0 bridgehead atoms. The first-order valence-electron chi connectivity index (χ1n) is 8.75. The largest absolute Gasteiger partial charge is 0.550 e. The Labute approximate surface area is 151 Å². The maximum atomic E-state index is 12.1. The van der Waals surface area contributed by atoms with Gasteiger partial charge >= 0.3 is 0 Å². The van der Waals surface area contributed by atoms with Gasteiger partial charge in [-0.2, -0.15) is 5.10 Å². The lowest BCUT2D eigenvalue weighted by molar-refractivity contribution is -0.305. The van der Waals surface area contributed by atoms with Gasteiger partial charge in [-0.3, -0.25) is 4.79 Å². The molecule has 0 saturated heterocycles. The zero-order chi connectivity index (χ0) is 18.7. The van der Waals surface area contributed by atoms with E-state index in [2.05, 4.69) is 17.3 Å². The highest BCUT2D eigenvalue weighted by Crippen LogP contribution is 2.27. The summed E-state index contributed by atoms with van der Waals surface area (Å²) in [6, 6.07) is 8.02. The van der Waals surface area contributed by atoms with Gasteiger partial charge in [0.15, 0.2) is 11.5 Å². The topological polar surface area (TPSA) is 99.9 Å². The molecule has 7 nitrogen and oxygen atoms in total. The van der Waals surface area contributed by atoms with Gasteiger partial charge in [-0.1, -0.05) is 19.1 Å². The maximum Gasteiger partial charge on any atom is 0.225 e. The third-order valence-electron chi connectivity index (χ3n) is 4.15. The minimum Gasteiger partial charge on any atom is -0.550 e. The summed E-state index contributed by atoms with van der Waals surface area (Å²) in [7, 11) is 0. The van der Waals surface area contributed by atoms with Crippen LogP contribution in [0.15, 0.2) is 24.3 Å². The number of carboxylic acid groups (broad SMARTS) is 1. The van der Waals surface area contributed by atoms with Gasteiger partial charge in [0, 0.05) is 24.3 Å². The molecule has 2 aromatic heterocycles. The second-order valence-corrected chi connectivity index (χ2v) is 6.40. The van der Waals surface area contributed by atoms with Gasteiger partial charge < -0.3 is 15.2 Å². The van der Waals surface area contributed by atoms with Gasteiger partial charge in [0.1, 0.15) is 0 Å². The van der Waals surface area contributed by atoms with Crippen molar-refractivity contribution in [1.29, 1.82) is 0 Å². The van der Waals surface area contributed by atoms with Crippen LogP contribution in [0.2, 0.25) is 0 Å². The Bertz CT molecular complexity index is 978. The van der Waals surface area contributed by atoms with Crippen molar-refractivity contribution in [2.75, 3.05) is 5.32 Å². The van der Waals surface area contributed by atoms with Crippen LogP contribution in [0.5, 0.6) is 0 Å². The quantitative estimate of drug-likeness (QED) is 0.701. The van der Waals surface area contributed by atoms with Crippen molar-refractivity contribution in [3.63, 3.8) is 0 Å². The van der Waals surface area contributed by atoms with Crippen LogP contribution in [0.1, 0.15) is 38.2 Å². The first-order valence-corrected chi connectivity index (χ1v) is 8.75. The number of nitrogens with zero attached hydrogens (tertiary/aromatic N) is 3. The molecule has 0 aliphatic carbocycles. The van der Waals surface area contributed by atoms with E-state index in [4.69, 9.17) is 4.98 Å². The number of hydrogen-bond acceptors (Lipinski definition) is 5. The number of benzene rings is 1. The third kappa shape index (κ3) is 3.82. The Morgan fingerprint density at radius 1 is 1.23 bits per heavy atom. The first-order chi connectivity index (χ1) is 12.5. The number of anilines is 1. The number of aryl methyl sites for hydroxylation is 2. The minimum absolute atomic E-state index is 0.107. The molecular weight excluding hydrogens is 332 g/mol. The van der Waals surface area contributed by atoms with Gasteiger partial charge in [-0.25, -0.2) is 9.67 Å². The molecule has 2 heterocycles. The molecule has 0 unspecified atom stereocenters. The van der Waals surface area contributed by atoms with Crippen molar-refractivity contribution in [2.45, 2.75) is 46.1 Å². The standard InChI is InChI=1S/C19H22N4O3/c1-3-9-23-19-14(11-13-8-7-12(2)10-15(13)20-19)18(22-23)21-16(24)5-4-6-17(25)26/h7-8,10-11H,3-6,9H2,1-2H3,(H,25,26)(H,21,22,24)/p-1. The van der Waals surface area contributed by atoms with Crippen molar-refractivity contribution in [3.05, 3.63) is 29.8 Å². The molecule has 0 aliphatic rings. The monoisotopic (exact) mass is 353 g/mol. The SMILES string of the molecule is CCCn1nc(NC(=O)CCCC(=O)[O-])c2cc3ccc(C)cc3nc21. The molecule has 0 atom stereocenters. The summed E-state index contributed by atoms with van der Waals surface area (Å²) in [4.78, 5) is 27.3. The van der Waals surface area contributed by atoms with Crippen molar-refractivity contribution in [1.82, 2.24) is 14.8 Å². The Morgan fingerprint density at radius 2 is 2.04 bits per heavy atom. The van der Waals surface area contributed by atoms with E-state index in [0.29, 0.717) is 12.4 Å². The van der Waals surface area contributed by atoms with Crippen molar-refractivity contribution in [2.24, 2.45) is 0 Å². The van der Waals surface area contributed by atoms with Crippen molar-refractivity contribution in [3.8, 4) is 0 Å². The number of fused-ring (bicyclic) bond motifs is 2. The molecule has 3 aromatic rings. The predicted octanol–water partition coefficient (Wildman–Crippen LogP) is 2.16. The van der Waals surface area contributed by atoms with Gasteiger partial charge in [0.2, 0.25) is 5.91 Å². The van der Waals surface area contributed by atoms with Gasteiger partial charge in [-0.05, 0) is 43.9 Å². The fourth-order valence-corrected chi connectivity index (χ4v) is 2.91. The molecule has 0 radical (unpaired) electrons. The third-order valence-corrected chi connectivity index (χ3v) is 4.15. The van der Waals surface area contributed by atoms with Crippen LogP contribution in [0, 0.1) is 6.92 Å². The van der Waals surface area contributed by atoms with Gasteiger partial charge in [0.05, 0.1) is 10.9 Å². The summed E-state index contributed by atoms with van der Waals surface area (Å²) >= 11 is 0. The molecule has 26 heavy (non-hydrogen) atoms. The highest BCUT2D eigenvalue weighted by Gasteiger charge is 2.15. The number of aliphatic carboxylic acids is 1. The van der Waals surface area contributed by atoms with Crippen LogP contribution in [0.25, 0.3) is 21.9 Å². The average Bonchev–Trinajstić information content (AvgIpc) is 2.89. The molecular formula is C19H21N4O3-. The van der Waals surface area contributed by atoms with Crippen LogP contribution >= 0.6 is 0 Å². The second-order valence-electron chi connectivity index (χ2n) is 6.40. The molecule has 1 N–H and O–H groups in total. The predicted molar refractivity (Wildman–Crippen MR) is 97.5 cm³/mol. The summed E-state index contributed by atoms with van der Waals surface area (Å²) in [5.41, 5.74) is 2.75. The maximum absolute atomic E-state index is 12.1. The number of carbonyl (C=O) groups excluding carboxylic acids is 2. The first kappa shape index (κ1) is 17.8. The van der Waals surface area contributed by atoms with Crippen LogP contribution < -0.4 is 10.4 Å². The van der Waals surface area contributed by atoms with E-state index < -0.39 is 5.97 Å². The second kappa shape index (κ2) is 7.51. The number of hydrogen-bond donors (Lipinski definition) is 1. The number of carboxylic acids is 1. The molecule has 3 rings (SSSR count). The zero-order valence-corrected chi connectivity index (χ0v) is 14.9. The van der Waals surface area contributed by atoms with E-state index in [1.165, 1.54) is 0 Å². The van der Waals surface area contributed by atoms with E-state index in [-0.39, 0.29) is 25.2 Å². The summed E-state index contributed by atoms with van der Waals surface area (Å²) < 4.78 is 1.80. The smallest absolute Gasteiger partial charge is 0.225 e. The minimum atomic E-state index is -1.15. The zero-order valence-electron chi connectivity index (χ0n) is 14.9. The van der Waals surface area contributed by atoms with E-state index in [0.717, 1.165) is 33.9 Å². The molecule has 136 valence electrons. The molecule has 1 amide bonds. The Morgan fingerprint density at radius 3 is 2.77 bits per heavy atom. The van der Waals surface area contributed by atoms with E-state index >= 15 is 0 Å². The molecule has 7 heteroatoms. The fraction of sp³-hybridized carbons (Fsp3) is 0.368. The normalized spacial score (nSPS) is 11.2. The lowest BCUT2D eigenvalue weighted by Crippen LogP contribution is -2.22. The summed E-state index contributed by atoms with van der Waals surface area (Å²) in [6.07, 6.45) is 1.10. The Kier molecular flexibility index (Phi) is 5.16. The summed E-state index contributed by atoms with van der Waals surface area (Å²) in [6.45, 7) is 4.77. The lowest BCUT2D eigenvalue weighted by atomic mass is 10.1. The molecule has 0 aliphatic heterocycles. The average molecular weight is 353 g/mol. The molecule has 1 aromatic carbocycles. The summed E-state index contributed by atoms with van der Waals surface area (Å²) in [5, 5.41) is 19.5. The van der Waals surface area contributed by atoms with Crippen LogP contribution in [-0.4, -0.2) is 26.6 Å². The highest BCUT2D eigenvalue weighted by molar-refractivity contribution is 6.02. The molecule has 0 spiro atoms. The Balaban J connectivity index is 1.95. The molecule has 0 saturated carbocycles. The fourth-order valence-electron chi connectivity index (χ4n) is 2.91. The number of pyridine rings is 1. The lowest BCUT2D eigenvalue weighted by Gasteiger charge is -2.04. The van der Waals surface area contributed by atoms with Gasteiger partial charge in [-0.15, -0.1) is 0 Å². The van der Waals surface area contributed by atoms with Crippen molar-refractivity contribution < 1.29 is 14.7 Å². The number of amides is 1. The number of nitrogens with one attached hydrogen (secondary N) is 1. The van der Waals surface area contributed by atoms with E-state index in [9.17, 15) is 14.7 Å². The molecule has 0 fully saturated rings. The number of aromatic nitrogens is 3. The van der Waals surface area contributed by atoms with E-state index in [1.807, 2.05) is 31.2 Å². The van der Waals surface area contributed by atoms with Crippen LogP contribution in [-0.2, 0) is 16.1 Å². The van der Waals surface area contributed by atoms with Crippen molar-refractivity contribution >= 4 is 39.6 Å². The summed E-state index contributed by atoms with van der Waals surface area (Å²) in [5.74, 6) is -0.957. The van der Waals surface area contributed by atoms with Crippen LogP contribution in [0.4, 0.5) is 5.82 Å². The Hall–Kier alpha value is -2.96. The van der Waals surface area contributed by atoms with Crippen LogP contribution in [0.3, 0.4) is 0 Å². The van der Waals surface area contributed by atoms with Gasteiger partial charge in [0.25, 0.3) is 0 Å². The van der Waals surface area contributed by atoms with E-state index in [1.54, 1.807) is 4.68 Å². The number of carbonyl (C=O) groups is 2.